The Morgan fingerprint density at radius 2 is 1.95 bits per heavy atom. The topological polar surface area (TPSA) is 50.8 Å². The molecule has 118 valence electrons. The molecule has 0 aliphatic carbocycles. The van der Waals surface area contributed by atoms with Gasteiger partial charge in [0.05, 0.1) is 19.8 Å². The molecule has 0 fully saturated rings. The predicted octanol–water partition coefficient (Wildman–Crippen LogP) is 2.52. The molecule has 1 aromatic carbocycles. The molecular formula is C16H26N2O3. The largest absolute Gasteiger partial charge is 0.379 e. The van der Waals surface area contributed by atoms with Gasteiger partial charge in [0, 0.05) is 38.0 Å². The molecule has 5 heteroatoms. The summed E-state index contributed by atoms with van der Waals surface area (Å²) in [6.45, 7) is 9.93. The minimum Gasteiger partial charge on any atom is -0.379 e. The summed E-state index contributed by atoms with van der Waals surface area (Å²) in [6, 6.07) is 7.84. The van der Waals surface area contributed by atoms with E-state index in [0.29, 0.717) is 19.8 Å². The standard InChI is InChI=1S/C16H26N2O3/c1-4-18(9-10-21-12-11-20-5-2)16-8-6-7-15(13-16)17-14(3)19/h6-8,13H,4-5,9-12H2,1-3H3,(H,17,19). The second kappa shape index (κ2) is 10.2. The number of anilines is 2. The van der Waals surface area contributed by atoms with Crippen LogP contribution in [0.2, 0.25) is 0 Å². The number of ether oxygens (including phenoxy) is 2. The van der Waals surface area contributed by atoms with Crippen molar-refractivity contribution < 1.29 is 14.3 Å². The van der Waals surface area contributed by atoms with Gasteiger partial charge >= 0.3 is 0 Å². The molecule has 5 nitrogen and oxygen atoms in total. The zero-order valence-electron chi connectivity index (χ0n) is 13.2. The van der Waals surface area contributed by atoms with E-state index in [0.717, 1.165) is 31.1 Å². The van der Waals surface area contributed by atoms with E-state index >= 15 is 0 Å². The summed E-state index contributed by atoms with van der Waals surface area (Å²) < 4.78 is 10.8. The number of rotatable bonds is 10. The van der Waals surface area contributed by atoms with Crippen molar-refractivity contribution in [2.24, 2.45) is 0 Å². The molecular weight excluding hydrogens is 268 g/mol. The van der Waals surface area contributed by atoms with Crippen LogP contribution in [0.4, 0.5) is 11.4 Å². The Kier molecular flexibility index (Phi) is 8.47. The van der Waals surface area contributed by atoms with Crippen LogP contribution in [0.1, 0.15) is 20.8 Å². The molecule has 0 saturated carbocycles. The molecule has 0 unspecified atom stereocenters. The summed E-state index contributed by atoms with van der Waals surface area (Å²) in [4.78, 5) is 13.3. The number of likely N-dealkylation sites (N-methyl/N-ethyl adjacent to an activating group) is 1. The highest BCUT2D eigenvalue weighted by molar-refractivity contribution is 5.89. The molecule has 0 bridgehead atoms. The third-order valence-electron chi connectivity index (χ3n) is 3.00. The molecule has 21 heavy (non-hydrogen) atoms. The van der Waals surface area contributed by atoms with Gasteiger partial charge in [0.2, 0.25) is 5.91 Å². The van der Waals surface area contributed by atoms with Crippen LogP contribution < -0.4 is 10.2 Å². The van der Waals surface area contributed by atoms with Gasteiger partial charge in [0.1, 0.15) is 0 Å². The van der Waals surface area contributed by atoms with Crippen LogP contribution in [-0.4, -0.2) is 45.4 Å². The summed E-state index contributed by atoms with van der Waals surface area (Å²) in [7, 11) is 0. The van der Waals surface area contributed by atoms with E-state index in [1.807, 2.05) is 31.2 Å². The van der Waals surface area contributed by atoms with Gasteiger partial charge in [0.15, 0.2) is 0 Å². The summed E-state index contributed by atoms with van der Waals surface area (Å²) in [6.07, 6.45) is 0. The van der Waals surface area contributed by atoms with Crippen molar-refractivity contribution >= 4 is 17.3 Å². The van der Waals surface area contributed by atoms with E-state index < -0.39 is 0 Å². The molecule has 0 aromatic heterocycles. The quantitative estimate of drug-likeness (QED) is 0.674. The number of hydrogen-bond donors (Lipinski definition) is 1. The smallest absolute Gasteiger partial charge is 0.221 e. The first-order chi connectivity index (χ1) is 10.2. The van der Waals surface area contributed by atoms with Gasteiger partial charge in [-0.3, -0.25) is 4.79 Å². The number of carbonyl (C=O) groups is 1. The van der Waals surface area contributed by atoms with E-state index in [9.17, 15) is 4.79 Å². The Bertz CT molecular complexity index is 424. The first-order valence-electron chi connectivity index (χ1n) is 7.45. The van der Waals surface area contributed by atoms with Crippen LogP contribution >= 0.6 is 0 Å². The van der Waals surface area contributed by atoms with Crippen LogP contribution in [-0.2, 0) is 14.3 Å². The van der Waals surface area contributed by atoms with Crippen LogP contribution in [0, 0.1) is 0 Å². The van der Waals surface area contributed by atoms with E-state index in [1.165, 1.54) is 6.92 Å². The fraction of sp³-hybridized carbons (Fsp3) is 0.562. The fourth-order valence-corrected chi connectivity index (χ4v) is 1.99. The molecule has 0 aliphatic heterocycles. The number of hydrogen-bond acceptors (Lipinski definition) is 4. The van der Waals surface area contributed by atoms with Crippen molar-refractivity contribution in [1.29, 1.82) is 0 Å². The summed E-state index contributed by atoms with van der Waals surface area (Å²) in [5, 5.41) is 2.80. The molecule has 0 atom stereocenters. The van der Waals surface area contributed by atoms with Gasteiger partial charge in [-0.2, -0.15) is 0 Å². The molecule has 0 aliphatic rings. The van der Waals surface area contributed by atoms with E-state index in [-0.39, 0.29) is 5.91 Å². The number of amides is 1. The predicted molar refractivity (Wildman–Crippen MR) is 85.9 cm³/mol. The zero-order valence-corrected chi connectivity index (χ0v) is 13.2. The summed E-state index contributed by atoms with van der Waals surface area (Å²) in [5.74, 6) is -0.0607. The van der Waals surface area contributed by atoms with Gasteiger partial charge in [-0.1, -0.05) is 6.07 Å². The van der Waals surface area contributed by atoms with Crippen LogP contribution in [0.15, 0.2) is 24.3 Å². The maximum atomic E-state index is 11.1. The van der Waals surface area contributed by atoms with Gasteiger partial charge in [-0.15, -0.1) is 0 Å². The first-order valence-corrected chi connectivity index (χ1v) is 7.45. The Morgan fingerprint density at radius 3 is 2.62 bits per heavy atom. The van der Waals surface area contributed by atoms with Crippen molar-refractivity contribution in [2.45, 2.75) is 20.8 Å². The molecule has 0 saturated heterocycles. The third kappa shape index (κ3) is 7.11. The monoisotopic (exact) mass is 294 g/mol. The molecule has 0 radical (unpaired) electrons. The number of carbonyl (C=O) groups excluding carboxylic acids is 1. The number of benzene rings is 1. The molecule has 0 spiro atoms. The molecule has 1 N–H and O–H groups in total. The Balaban J connectivity index is 2.45. The lowest BCUT2D eigenvalue weighted by Gasteiger charge is -2.23. The Labute approximate surface area is 127 Å². The van der Waals surface area contributed by atoms with Gasteiger partial charge in [-0.05, 0) is 32.0 Å². The van der Waals surface area contributed by atoms with Crippen molar-refractivity contribution in [3.63, 3.8) is 0 Å². The second-order valence-electron chi connectivity index (χ2n) is 4.62. The molecule has 1 aromatic rings. The second-order valence-corrected chi connectivity index (χ2v) is 4.62. The summed E-state index contributed by atoms with van der Waals surface area (Å²) >= 11 is 0. The van der Waals surface area contributed by atoms with Crippen LogP contribution in [0.3, 0.4) is 0 Å². The maximum absolute atomic E-state index is 11.1. The van der Waals surface area contributed by atoms with Crippen molar-refractivity contribution in [1.82, 2.24) is 0 Å². The van der Waals surface area contributed by atoms with E-state index in [4.69, 9.17) is 9.47 Å². The maximum Gasteiger partial charge on any atom is 0.221 e. The van der Waals surface area contributed by atoms with Crippen molar-refractivity contribution in [3.8, 4) is 0 Å². The molecule has 1 rings (SSSR count). The highest BCUT2D eigenvalue weighted by atomic mass is 16.5. The number of nitrogens with zero attached hydrogens (tertiary/aromatic N) is 1. The zero-order chi connectivity index (χ0) is 15.5. The number of nitrogens with one attached hydrogen (secondary N) is 1. The lowest BCUT2D eigenvalue weighted by Crippen LogP contribution is -2.27. The minimum atomic E-state index is -0.0607. The third-order valence-corrected chi connectivity index (χ3v) is 3.00. The van der Waals surface area contributed by atoms with Crippen molar-refractivity contribution in [2.75, 3.05) is 49.7 Å². The van der Waals surface area contributed by atoms with Crippen molar-refractivity contribution in [3.05, 3.63) is 24.3 Å². The van der Waals surface area contributed by atoms with Crippen LogP contribution in [0.25, 0.3) is 0 Å². The van der Waals surface area contributed by atoms with E-state index in [1.54, 1.807) is 0 Å². The summed E-state index contributed by atoms with van der Waals surface area (Å²) in [5.41, 5.74) is 1.90. The highest BCUT2D eigenvalue weighted by Crippen LogP contribution is 2.19. The Hall–Kier alpha value is -1.59. The Morgan fingerprint density at radius 1 is 1.19 bits per heavy atom. The fourth-order valence-electron chi connectivity index (χ4n) is 1.99. The van der Waals surface area contributed by atoms with Gasteiger partial charge < -0.3 is 19.7 Å². The SMILES string of the molecule is CCOCCOCCN(CC)c1cccc(NC(C)=O)c1. The van der Waals surface area contributed by atoms with Crippen LogP contribution in [0.5, 0.6) is 0 Å². The highest BCUT2D eigenvalue weighted by Gasteiger charge is 2.05. The average Bonchev–Trinajstić information content (AvgIpc) is 2.46. The average molecular weight is 294 g/mol. The minimum absolute atomic E-state index is 0.0607. The van der Waals surface area contributed by atoms with Gasteiger partial charge in [0.25, 0.3) is 0 Å². The lowest BCUT2D eigenvalue weighted by molar-refractivity contribution is -0.114. The molecule has 1 amide bonds. The van der Waals surface area contributed by atoms with Gasteiger partial charge in [-0.25, -0.2) is 0 Å². The molecule has 0 heterocycles. The first kappa shape index (κ1) is 17.5. The van der Waals surface area contributed by atoms with E-state index in [2.05, 4.69) is 17.1 Å². The normalized spacial score (nSPS) is 10.4. The lowest BCUT2D eigenvalue weighted by atomic mass is 10.2.